The Morgan fingerprint density at radius 3 is 2.53 bits per heavy atom. The van der Waals surface area contributed by atoms with Gasteiger partial charge in [-0.05, 0) is 22.0 Å². The Balaban J connectivity index is 2.78. The summed E-state index contributed by atoms with van der Waals surface area (Å²) in [5, 5.41) is 1.44. The fraction of sp³-hybridized carbons (Fsp3) is 0.250. The molecule has 0 saturated heterocycles. The molecule has 9 heteroatoms. The first-order valence-electron chi connectivity index (χ1n) is 4.21. The van der Waals surface area contributed by atoms with E-state index in [1.54, 1.807) is 5.32 Å². The van der Waals surface area contributed by atoms with Crippen LogP contribution in [-0.2, 0) is 0 Å². The van der Waals surface area contributed by atoms with Crippen LogP contribution in [0.2, 0.25) is 5.02 Å². The summed E-state index contributed by atoms with van der Waals surface area (Å²) < 4.78 is 38.0. The molecule has 17 heavy (non-hydrogen) atoms. The molecule has 2 rings (SSSR count). The molecule has 0 saturated carbocycles. The second-order valence-electron chi connectivity index (χ2n) is 3.28. The SMILES string of the molecule is O=C1NC(C(F)(F)F)n2c1c(Cl)cc(Br)c2=O. The monoisotopic (exact) mass is 330 g/mol. The zero-order chi connectivity index (χ0) is 13.0. The Hall–Kier alpha value is -1.02. The van der Waals surface area contributed by atoms with Crippen LogP contribution in [0.15, 0.2) is 15.3 Å². The second kappa shape index (κ2) is 3.74. The molecule has 0 bridgehead atoms. The van der Waals surface area contributed by atoms with Crippen LogP contribution in [-0.4, -0.2) is 16.7 Å². The van der Waals surface area contributed by atoms with Crippen LogP contribution < -0.4 is 10.9 Å². The number of hydrogen-bond donors (Lipinski definition) is 1. The van der Waals surface area contributed by atoms with Crippen LogP contribution in [0.1, 0.15) is 16.7 Å². The molecule has 1 amide bonds. The third-order valence-electron chi connectivity index (χ3n) is 2.19. The van der Waals surface area contributed by atoms with Gasteiger partial charge < -0.3 is 5.32 Å². The Morgan fingerprint density at radius 2 is 2.00 bits per heavy atom. The van der Waals surface area contributed by atoms with Crippen LogP contribution in [0, 0.1) is 0 Å². The summed E-state index contributed by atoms with van der Waals surface area (Å²) in [5.74, 6) is -1.03. The smallest absolute Gasteiger partial charge is 0.322 e. The molecule has 4 nitrogen and oxygen atoms in total. The molecule has 92 valence electrons. The van der Waals surface area contributed by atoms with Gasteiger partial charge >= 0.3 is 6.18 Å². The number of alkyl halides is 3. The Labute approximate surface area is 105 Å². The van der Waals surface area contributed by atoms with Gasteiger partial charge in [-0.1, -0.05) is 11.6 Å². The molecule has 1 aromatic rings. The van der Waals surface area contributed by atoms with Crippen molar-refractivity contribution in [1.29, 1.82) is 0 Å². The highest BCUT2D eigenvalue weighted by molar-refractivity contribution is 9.10. The van der Waals surface area contributed by atoms with Crippen molar-refractivity contribution in [3.05, 3.63) is 31.6 Å². The van der Waals surface area contributed by atoms with Gasteiger partial charge in [-0.15, -0.1) is 0 Å². The maximum Gasteiger partial charge on any atom is 0.427 e. The number of nitrogens with zero attached hydrogens (tertiary/aromatic N) is 1. The zero-order valence-corrected chi connectivity index (χ0v) is 10.2. The number of rotatable bonds is 0. The summed E-state index contributed by atoms with van der Waals surface area (Å²) in [5.41, 5.74) is -1.45. The lowest BCUT2D eigenvalue weighted by Crippen LogP contribution is -2.38. The van der Waals surface area contributed by atoms with Crippen LogP contribution >= 0.6 is 27.5 Å². The summed E-state index contributed by atoms with van der Waals surface area (Å²) in [6, 6.07) is 1.09. The summed E-state index contributed by atoms with van der Waals surface area (Å²) in [6.45, 7) is 0. The van der Waals surface area contributed by atoms with Gasteiger partial charge in [0.1, 0.15) is 5.69 Å². The Bertz CT molecular complexity index is 569. The first kappa shape index (κ1) is 12.4. The van der Waals surface area contributed by atoms with Crippen molar-refractivity contribution in [1.82, 2.24) is 9.88 Å². The van der Waals surface area contributed by atoms with Crippen LogP contribution in [0.3, 0.4) is 0 Å². The number of fused-ring (bicyclic) bond motifs is 1. The number of carbonyl (C=O) groups excluding carboxylic acids is 1. The molecule has 2 heterocycles. The summed E-state index contributed by atoms with van der Waals surface area (Å²) in [7, 11) is 0. The van der Waals surface area contributed by atoms with Crippen molar-refractivity contribution in [2.75, 3.05) is 0 Å². The second-order valence-corrected chi connectivity index (χ2v) is 4.54. The van der Waals surface area contributed by atoms with E-state index >= 15 is 0 Å². The molecule has 0 radical (unpaired) electrons. The van der Waals surface area contributed by atoms with E-state index in [4.69, 9.17) is 11.6 Å². The average Bonchev–Trinajstić information content (AvgIpc) is 2.52. The maximum atomic E-state index is 12.6. The number of halogens is 5. The third kappa shape index (κ3) is 1.85. The molecule has 1 aliphatic rings. The molecule has 1 aliphatic heterocycles. The van der Waals surface area contributed by atoms with Gasteiger partial charge in [0.2, 0.25) is 6.17 Å². The molecule has 1 N–H and O–H groups in total. The molecule has 0 aliphatic carbocycles. The standard InChI is InChI=1S/C8H3BrClF3N2O2/c9-2-1-3(10)4-5(16)14-7(8(11,12)13)15(4)6(2)17/h1,7H,(H,14,16). The van der Waals surface area contributed by atoms with Crippen molar-refractivity contribution in [2.24, 2.45) is 0 Å². The van der Waals surface area contributed by atoms with Gasteiger partial charge in [-0.2, -0.15) is 13.2 Å². The maximum absolute atomic E-state index is 12.6. The van der Waals surface area contributed by atoms with E-state index < -0.39 is 29.5 Å². The van der Waals surface area contributed by atoms with Gasteiger partial charge in [0.15, 0.2) is 0 Å². The zero-order valence-electron chi connectivity index (χ0n) is 7.81. The summed E-state index contributed by atoms with van der Waals surface area (Å²) >= 11 is 8.43. The Kier molecular flexibility index (Phi) is 2.74. The van der Waals surface area contributed by atoms with Crippen LogP contribution in [0.4, 0.5) is 13.2 Å². The lowest BCUT2D eigenvalue weighted by molar-refractivity contribution is -0.171. The quantitative estimate of drug-likeness (QED) is 0.791. The van der Waals surface area contributed by atoms with Gasteiger partial charge in [-0.3, -0.25) is 14.2 Å². The minimum Gasteiger partial charge on any atom is -0.322 e. The van der Waals surface area contributed by atoms with Crippen molar-refractivity contribution in [3.8, 4) is 0 Å². The highest BCUT2D eigenvalue weighted by Gasteiger charge is 2.49. The average molecular weight is 331 g/mol. The molecular formula is C8H3BrClF3N2O2. The predicted molar refractivity (Wildman–Crippen MR) is 56.0 cm³/mol. The molecule has 1 aromatic heterocycles. The first-order valence-corrected chi connectivity index (χ1v) is 5.38. The lowest BCUT2D eigenvalue weighted by Gasteiger charge is -2.17. The first-order chi connectivity index (χ1) is 7.73. The molecular weight excluding hydrogens is 328 g/mol. The fourth-order valence-corrected chi connectivity index (χ4v) is 2.36. The molecule has 1 unspecified atom stereocenters. The van der Waals surface area contributed by atoms with Crippen molar-refractivity contribution >= 4 is 33.4 Å². The number of amides is 1. The van der Waals surface area contributed by atoms with E-state index in [9.17, 15) is 22.8 Å². The number of pyridine rings is 1. The highest BCUT2D eigenvalue weighted by Crippen LogP contribution is 2.34. The van der Waals surface area contributed by atoms with Crippen molar-refractivity contribution in [2.45, 2.75) is 12.3 Å². The Morgan fingerprint density at radius 1 is 1.41 bits per heavy atom. The van der Waals surface area contributed by atoms with Gasteiger partial charge in [0, 0.05) is 0 Å². The van der Waals surface area contributed by atoms with E-state index in [1.807, 2.05) is 0 Å². The van der Waals surface area contributed by atoms with E-state index in [-0.39, 0.29) is 9.50 Å². The lowest BCUT2D eigenvalue weighted by atomic mass is 10.3. The van der Waals surface area contributed by atoms with Gasteiger partial charge in [-0.25, -0.2) is 0 Å². The number of aromatic nitrogens is 1. The van der Waals surface area contributed by atoms with Crippen molar-refractivity contribution in [3.63, 3.8) is 0 Å². The largest absolute Gasteiger partial charge is 0.427 e. The van der Waals surface area contributed by atoms with E-state index in [0.29, 0.717) is 4.57 Å². The van der Waals surface area contributed by atoms with Crippen LogP contribution in [0.25, 0.3) is 0 Å². The molecule has 1 atom stereocenters. The highest BCUT2D eigenvalue weighted by atomic mass is 79.9. The minimum absolute atomic E-state index is 0.142. The number of hydrogen-bond acceptors (Lipinski definition) is 2. The fourth-order valence-electron chi connectivity index (χ4n) is 1.52. The third-order valence-corrected chi connectivity index (χ3v) is 3.05. The molecule has 0 aromatic carbocycles. The summed E-state index contributed by atoms with van der Waals surface area (Å²) in [4.78, 5) is 22.9. The van der Waals surface area contributed by atoms with Gasteiger partial charge in [0.05, 0.1) is 9.50 Å². The van der Waals surface area contributed by atoms with Crippen molar-refractivity contribution < 1.29 is 18.0 Å². The normalized spacial score (nSPS) is 19.1. The number of nitrogens with one attached hydrogen (secondary N) is 1. The minimum atomic E-state index is -4.77. The van der Waals surface area contributed by atoms with Crippen LogP contribution in [0.5, 0.6) is 0 Å². The predicted octanol–water partition coefficient (Wildman–Crippen LogP) is 2.07. The molecule has 0 spiro atoms. The number of carbonyl (C=O) groups is 1. The van der Waals surface area contributed by atoms with Gasteiger partial charge in [0.25, 0.3) is 11.5 Å². The van der Waals surface area contributed by atoms with E-state index in [0.717, 1.165) is 6.07 Å². The topological polar surface area (TPSA) is 51.1 Å². The molecule has 0 fully saturated rings. The van der Waals surface area contributed by atoms with E-state index in [1.165, 1.54) is 0 Å². The van der Waals surface area contributed by atoms with E-state index in [2.05, 4.69) is 15.9 Å². The summed E-state index contributed by atoms with van der Waals surface area (Å²) in [6.07, 6.45) is -7.15.